The van der Waals surface area contributed by atoms with Crippen LogP contribution in [0.2, 0.25) is 0 Å². The molecule has 110 valence electrons. The second kappa shape index (κ2) is 6.74. The smallest absolute Gasteiger partial charge is 0.182 e. The Kier molecular flexibility index (Phi) is 5.24. The molecule has 1 aliphatic rings. The Morgan fingerprint density at radius 1 is 1.20 bits per heavy atom. The van der Waals surface area contributed by atoms with Gasteiger partial charge in [-0.3, -0.25) is 9.69 Å². The number of rotatable bonds is 4. The van der Waals surface area contributed by atoms with Crippen molar-refractivity contribution in [3.8, 4) is 0 Å². The van der Waals surface area contributed by atoms with Gasteiger partial charge in [0.25, 0.3) is 0 Å². The van der Waals surface area contributed by atoms with Gasteiger partial charge in [0.15, 0.2) is 5.78 Å². The first-order valence-corrected chi connectivity index (χ1v) is 8.30. The monoisotopic (exact) mass is 293 g/mol. The normalized spacial score (nSPS) is 17.8. The van der Waals surface area contributed by atoms with Crippen molar-refractivity contribution in [2.75, 3.05) is 32.6 Å². The van der Waals surface area contributed by atoms with Crippen LogP contribution in [-0.2, 0) is 4.74 Å². The van der Waals surface area contributed by atoms with E-state index in [-0.39, 0.29) is 5.78 Å². The summed E-state index contributed by atoms with van der Waals surface area (Å²) in [6.07, 6.45) is 3.03. The van der Waals surface area contributed by atoms with E-state index in [1.807, 2.05) is 44.4 Å². The minimum atomic E-state index is -0.478. The van der Waals surface area contributed by atoms with Crippen molar-refractivity contribution in [1.29, 1.82) is 0 Å². The quantitative estimate of drug-likeness (QED) is 0.630. The van der Waals surface area contributed by atoms with Crippen molar-refractivity contribution in [3.05, 3.63) is 29.8 Å². The Hall–Kier alpha value is -0.840. The third kappa shape index (κ3) is 3.43. The Bertz CT molecular complexity index is 448. The molecule has 3 nitrogen and oxygen atoms in total. The number of hydrogen-bond acceptors (Lipinski definition) is 4. The molecule has 1 saturated heterocycles. The molecule has 0 bridgehead atoms. The van der Waals surface area contributed by atoms with Crippen LogP contribution in [0.5, 0.6) is 0 Å². The molecular formula is C16H23NO2S. The van der Waals surface area contributed by atoms with Gasteiger partial charge in [0.05, 0.1) is 12.1 Å². The number of hydrogen-bond donors (Lipinski definition) is 0. The van der Waals surface area contributed by atoms with E-state index >= 15 is 0 Å². The number of thioether (sulfide) groups is 1. The SMILES string of the molecule is CSc1ccc(C(=O)C(C)(C)N2CCCOCC2)cc1. The first-order chi connectivity index (χ1) is 9.55. The van der Waals surface area contributed by atoms with Gasteiger partial charge in [0, 0.05) is 30.2 Å². The maximum absolute atomic E-state index is 12.8. The van der Waals surface area contributed by atoms with Crippen LogP contribution in [0.15, 0.2) is 29.2 Å². The minimum Gasteiger partial charge on any atom is -0.380 e. The highest BCUT2D eigenvalue weighted by atomic mass is 32.2. The number of ketones is 1. The van der Waals surface area contributed by atoms with Gasteiger partial charge in [-0.25, -0.2) is 0 Å². The van der Waals surface area contributed by atoms with Crippen molar-refractivity contribution in [2.45, 2.75) is 30.7 Å². The largest absolute Gasteiger partial charge is 0.380 e. The molecule has 0 unspecified atom stereocenters. The highest BCUT2D eigenvalue weighted by molar-refractivity contribution is 7.98. The maximum Gasteiger partial charge on any atom is 0.182 e. The summed E-state index contributed by atoms with van der Waals surface area (Å²) in [5, 5.41) is 0. The number of benzene rings is 1. The number of Topliss-reactive ketones (excluding diaryl/α,β-unsaturated/α-hetero) is 1. The summed E-state index contributed by atoms with van der Waals surface area (Å²) >= 11 is 1.69. The second-order valence-electron chi connectivity index (χ2n) is 5.57. The Labute approximate surface area is 125 Å². The molecule has 1 aromatic carbocycles. The molecule has 20 heavy (non-hydrogen) atoms. The van der Waals surface area contributed by atoms with Gasteiger partial charge in [-0.15, -0.1) is 11.8 Å². The van der Waals surface area contributed by atoms with Crippen LogP contribution in [0.25, 0.3) is 0 Å². The predicted octanol–water partition coefficient (Wildman–Crippen LogP) is 3.09. The average molecular weight is 293 g/mol. The Morgan fingerprint density at radius 2 is 1.90 bits per heavy atom. The fourth-order valence-electron chi connectivity index (χ4n) is 2.54. The van der Waals surface area contributed by atoms with Crippen LogP contribution in [0.1, 0.15) is 30.6 Å². The molecule has 1 fully saturated rings. The zero-order valence-corrected chi connectivity index (χ0v) is 13.3. The summed E-state index contributed by atoms with van der Waals surface area (Å²) < 4.78 is 5.48. The molecular weight excluding hydrogens is 270 g/mol. The Morgan fingerprint density at radius 3 is 2.55 bits per heavy atom. The standard InChI is InChI=1S/C16H23NO2S/c1-16(2,17-9-4-11-19-12-10-17)15(18)13-5-7-14(20-3)8-6-13/h5-8H,4,9-12H2,1-3H3. The Balaban J connectivity index is 2.15. The van der Waals surface area contributed by atoms with E-state index in [2.05, 4.69) is 4.90 Å². The zero-order valence-electron chi connectivity index (χ0n) is 12.5. The van der Waals surface area contributed by atoms with Gasteiger partial charge in [-0.2, -0.15) is 0 Å². The van der Waals surface area contributed by atoms with Crippen LogP contribution >= 0.6 is 11.8 Å². The number of carbonyl (C=O) groups excluding carboxylic acids is 1. The third-order valence-corrected chi connectivity index (χ3v) is 4.66. The van der Waals surface area contributed by atoms with Crippen LogP contribution in [-0.4, -0.2) is 48.8 Å². The summed E-state index contributed by atoms with van der Waals surface area (Å²) in [6, 6.07) is 7.90. The lowest BCUT2D eigenvalue weighted by Gasteiger charge is -2.36. The lowest BCUT2D eigenvalue weighted by molar-refractivity contribution is 0.0620. The summed E-state index contributed by atoms with van der Waals surface area (Å²) in [4.78, 5) is 16.2. The van der Waals surface area contributed by atoms with Gasteiger partial charge in [-0.05, 0) is 38.7 Å². The summed E-state index contributed by atoms with van der Waals surface area (Å²) in [7, 11) is 0. The van der Waals surface area contributed by atoms with E-state index in [0.717, 1.165) is 31.7 Å². The van der Waals surface area contributed by atoms with Crippen molar-refractivity contribution >= 4 is 17.5 Å². The van der Waals surface area contributed by atoms with Crippen LogP contribution in [0.4, 0.5) is 0 Å². The number of carbonyl (C=O) groups is 1. The van der Waals surface area contributed by atoms with Crippen molar-refractivity contribution in [3.63, 3.8) is 0 Å². The van der Waals surface area contributed by atoms with E-state index in [4.69, 9.17) is 4.74 Å². The highest BCUT2D eigenvalue weighted by Crippen LogP contribution is 2.23. The predicted molar refractivity (Wildman–Crippen MR) is 83.6 cm³/mol. The molecule has 1 heterocycles. The fourth-order valence-corrected chi connectivity index (χ4v) is 2.95. The first kappa shape index (κ1) is 15.5. The molecule has 0 radical (unpaired) electrons. The average Bonchev–Trinajstić information content (AvgIpc) is 2.76. The molecule has 0 spiro atoms. The van der Waals surface area contributed by atoms with Gasteiger partial charge in [-0.1, -0.05) is 12.1 Å². The fraction of sp³-hybridized carbons (Fsp3) is 0.562. The summed E-state index contributed by atoms with van der Waals surface area (Å²) in [5.74, 6) is 0.187. The van der Waals surface area contributed by atoms with Crippen LogP contribution in [0, 0.1) is 0 Å². The molecule has 0 N–H and O–H groups in total. The van der Waals surface area contributed by atoms with E-state index in [1.54, 1.807) is 11.8 Å². The third-order valence-electron chi connectivity index (χ3n) is 3.92. The molecule has 4 heteroatoms. The van der Waals surface area contributed by atoms with Crippen molar-refractivity contribution in [2.24, 2.45) is 0 Å². The molecule has 2 rings (SSSR count). The molecule has 0 atom stereocenters. The van der Waals surface area contributed by atoms with Gasteiger partial charge in [0.1, 0.15) is 0 Å². The lowest BCUT2D eigenvalue weighted by Crippen LogP contribution is -2.51. The lowest BCUT2D eigenvalue weighted by atomic mass is 9.91. The molecule has 0 amide bonds. The topological polar surface area (TPSA) is 29.5 Å². The van der Waals surface area contributed by atoms with Crippen molar-refractivity contribution < 1.29 is 9.53 Å². The van der Waals surface area contributed by atoms with Gasteiger partial charge >= 0.3 is 0 Å². The minimum absolute atomic E-state index is 0.187. The summed E-state index contributed by atoms with van der Waals surface area (Å²) in [5.41, 5.74) is 0.312. The molecule has 0 saturated carbocycles. The second-order valence-corrected chi connectivity index (χ2v) is 6.45. The van der Waals surface area contributed by atoms with Gasteiger partial charge < -0.3 is 4.74 Å². The highest BCUT2D eigenvalue weighted by Gasteiger charge is 2.35. The maximum atomic E-state index is 12.8. The van der Waals surface area contributed by atoms with Gasteiger partial charge in [0.2, 0.25) is 0 Å². The summed E-state index contributed by atoms with van der Waals surface area (Å²) in [6.45, 7) is 7.28. The molecule has 0 aromatic heterocycles. The molecule has 0 aliphatic carbocycles. The zero-order chi connectivity index (χ0) is 14.6. The molecule has 1 aliphatic heterocycles. The van der Waals surface area contributed by atoms with Crippen LogP contribution in [0.3, 0.4) is 0 Å². The number of ether oxygens (including phenoxy) is 1. The van der Waals surface area contributed by atoms with E-state index in [1.165, 1.54) is 4.90 Å². The van der Waals surface area contributed by atoms with E-state index < -0.39 is 5.54 Å². The number of nitrogens with zero attached hydrogens (tertiary/aromatic N) is 1. The van der Waals surface area contributed by atoms with E-state index in [0.29, 0.717) is 6.61 Å². The van der Waals surface area contributed by atoms with E-state index in [9.17, 15) is 4.79 Å². The van der Waals surface area contributed by atoms with Crippen LogP contribution < -0.4 is 0 Å². The molecule has 1 aromatic rings. The first-order valence-electron chi connectivity index (χ1n) is 7.07. The van der Waals surface area contributed by atoms with Crippen molar-refractivity contribution in [1.82, 2.24) is 4.90 Å².